The number of amides is 1. The molecule has 0 saturated heterocycles. The second-order valence-corrected chi connectivity index (χ2v) is 12.2. The summed E-state index contributed by atoms with van der Waals surface area (Å²) in [6.07, 6.45) is 12.2. The fraction of sp³-hybridized carbons (Fsp3) is 0.516. The number of aromatic nitrogens is 2. The van der Waals surface area contributed by atoms with Gasteiger partial charge in [0.1, 0.15) is 0 Å². The molecule has 6 nitrogen and oxygen atoms in total. The first-order valence-electron chi connectivity index (χ1n) is 14.3. The zero-order valence-electron chi connectivity index (χ0n) is 22.8. The topological polar surface area (TPSA) is 84.1 Å². The Labute approximate surface area is 231 Å². The molecule has 0 bridgehead atoms. The van der Waals surface area contributed by atoms with Gasteiger partial charge in [-0.3, -0.25) is 9.78 Å². The van der Waals surface area contributed by atoms with E-state index in [0.29, 0.717) is 6.04 Å². The van der Waals surface area contributed by atoms with Gasteiger partial charge in [-0.05, 0) is 107 Å². The molecule has 2 aromatic heterocycles. The highest BCUT2D eigenvalue weighted by Crippen LogP contribution is 2.32. The van der Waals surface area contributed by atoms with Gasteiger partial charge in [0, 0.05) is 34.3 Å². The number of hydrogen-bond acceptors (Lipinski definition) is 6. The van der Waals surface area contributed by atoms with Crippen LogP contribution in [0.1, 0.15) is 78.4 Å². The standard InChI is InChI=1S/C31H41N5OS/c1-3-17-36(26-13-15-28-29(19-26)38-31(32)35-28)18-16-22-5-11-25(12-6-22)34-30(37)24-9-7-23(8-10-24)27-14-4-21(2)20-33-27/h4,7-10,14,20,22,25-26H,3,5-6,11-13,15-19H2,1-2H3,(H2,32,35)(H,34,37)/t22?,25?,26-/m0/s1. The maximum Gasteiger partial charge on any atom is 0.251 e. The normalized spacial score (nSPS) is 21.3. The summed E-state index contributed by atoms with van der Waals surface area (Å²) in [5.74, 6) is 0.786. The fourth-order valence-electron chi connectivity index (χ4n) is 6.10. The number of thiazole rings is 1. The van der Waals surface area contributed by atoms with Crippen LogP contribution in [-0.4, -0.2) is 45.9 Å². The van der Waals surface area contributed by atoms with Crippen LogP contribution in [0.5, 0.6) is 0 Å². The van der Waals surface area contributed by atoms with Gasteiger partial charge >= 0.3 is 0 Å². The van der Waals surface area contributed by atoms with Crippen LogP contribution in [0.4, 0.5) is 5.13 Å². The number of fused-ring (bicyclic) bond motifs is 1. The summed E-state index contributed by atoms with van der Waals surface area (Å²) in [4.78, 5) is 26.0. The van der Waals surface area contributed by atoms with Crippen molar-refractivity contribution in [2.75, 3.05) is 18.8 Å². The van der Waals surface area contributed by atoms with Crippen molar-refractivity contribution in [2.24, 2.45) is 5.92 Å². The third kappa shape index (κ3) is 6.62. The van der Waals surface area contributed by atoms with Crippen molar-refractivity contribution in [1.82, 2.24) is 20.2 Å². The van der Waals surface area contributed by atoms with Crippen LogP contribution in [0.2, 0.25) is 0 Å². The van der Waals surface area contributed by atoms with Gasteiger partial charge in [-0.15, -0.1) is 11.3 Å². The van der Waals surface area contributed by atoms with Crippen LogP contribution >= 0.6 is 11.3 Å². The first-order chi connectivity index (χ1) is 18.5. The van der Waals surface area contributed by atoms with Crippen molar-refractivity contribution in [3.63, 3.8) is 0 Å². The third-order valence-electron chi connectivity index (χ3n) is 8.32. The predicted octanol–water partition coefficient (Wildman–Crippen LogP) is 6.04. The smallest absolute Gasteiger partial charge is 0.251 e. The van der Waals surface area contributed by atoms with E-state index in [-0.39, 0.29) is 11.9 Å². The Morgan fingerprint density at radius 1 is 1.08 bits per heavy atom. The van der Waals surface area contributed by atoms with E-state index in [9.17, 15) is 4.79 Å². The number of carbonyl (C=O) groups is 1. The molecule has 7 heteroatoms. The maximum atomic E-state index is 12.9. The first kappa shape index (κ1) is 26.8. The van der Waals surface area contributed by atoms with E-state index in [4.69, 9.17) is 5.73 Å². The lowest BCUT2D eigenvalue weighted by Crippen LogP contribution is -2.41. The van der Waals surface area contributed by atoms with Gasteiger partial charge in [0.2, 0.25) is 0 Å². The highest BCUT2D eigenvalue weighted by Gasteiger charge is 2.28. The Hall–Kier alpha value is -2.77. The molecule has 1 fully saturated rings. The Morgan fingerprint density at radius 2 is 1.87 bits per heavy atom. The zero-order chi connectivity index (χ0) is 26.5. The van der Waals surface area contributed by atoms with Crippen LogP contribution in [0.15, 0.2) is 42.6 Å². The summed E-state index contributed by atoms with van der Waals surface area (Å²) in [5.41, 5.74) is 11.0. The Morgan fingerprint density at radius 3 is 2.58 bits per heavy atom. The van der Waals surface area contributed by atoms with Crippen molar-refractivity contribution in [3.05, 3.63) is 64.3 Å². The Bertz CT molecular complexity index is 1200. The van der Waals surface area contributed by atoms with Crippen molar-refractivity contribution >= 4 is 22.4 Å². The molecule has 0 radical (unpaired) electrons. The molecular formula is C31H41N5OS. The number of nitrogens with two attached hydrogens (primary N) is 1. The first-order valence-corrected chi connectivity index (χ1v) is 15.1. The number of benzene rings is 1. The minimum atomic E-state index is 0.0337. The molecule has 1 atom stereocenters. The molecule has 5 rings (SSSR count). The van der Waals surface area contributed by atoms with Gasteiger partial charge in [-0.1, -0.05) is 25.1 Å². The van der Waals surface area contributed by atoms with Gasteiger partial charge in [0.15, 0.2) is 5.13 Å². The number of pyridine rings is 1. The van der Waals surface area contributed by atoms with Crippen molar-refractivity contribution in [2.45, 2.75) is 83.7 Å². The predicted molar refractivity (Wildman–Crippen MR) is 156 cm³/mol. The molecule has 3 N–H and O–H groups in total. The lowest BCUT2D eigenvalue weighted by atomic mass is 9.83. The zero-order valence-corrected chi connectivity index (χ0v) is 23.6. The monoisotopic (exact) mass is 531 g/mol. The number of carbonyl (C=O) groups excluding carboxylic acids is 1. The van der Waals surface area contributed by atoms with Crippen LogP contribution < -0.4 is 11.1 Å². The molecule has 0 aliphatic heterocycles. The van der Waals surface area contributed by atoms with Gasteiger partial charge in [0.05, 0.1) is 11.4 Å². The number of nitrogens with zero attached hydrogens (tertiary/aromatic N) is 3. The maximum absolute atomic E-state index is 12.9. The lowest BCUT2D eigenvalue weighted by molar-refractivity contribution is 0.0918. The van der Waals surface area contributed by atoms with E-state index in [1.165, 1.54) is 55.8 Å². The van der Waals surface area contributed by atoms with Gasteiger partial charge < -0.3 is 16.0 Å². The van der Waals surface area contributed by atoms with Gasteiger partial charge in [0.25, 0.3) is 5.91 Å². The number of hydrogen-bond donors (Lipinski definition) is 2. The van der Waals surface area contributed by atoms with E-state index in [1.807, 2.05) is 43.5 Å². The summed E-state index contributed by atoms with van der Waals surface area (Å²) < 4.78 is 0. The quantitative estimate of drug-likeness (QED) is 0.351. The number of aryl methyl sites for hydroxylation is 2. The molecule has 0 spiro atoms. The number of rotatable bonds is 9. The molecule has 38 heavy (non-hydrogen) atoms. The molecule has 2 aliphatic rings. The molecule has 2 aliphatic carbocycles. The van der Waals surface area contributed by atoms with Crippen molar-refractivity contribution in [1.29, 1.82) is 0 Å². The molecule has 1 amide bonds. The second-order valence-electron chi connectivity index (χ2n) is 11.1. The number of anilines is 1. The molecule has 1 aromatic carbocycles. The largest absolute Gasteiger partial charge is 0.375 e. The number of nitrogen functional groups attached to an aromatic ring is 1. The third-order valence-corrected chi connectivity index (χ3v) is 9.27. The van der Waals surface area contributed by atoms with Crippen molar-refractivity contribution in [3.8, 4) is 11.3 Å². The van der Waals surface area contributed by atoms with E-state index in [2.05, 4.69) is 33.2 Å². The Balaban J connectivity index is 1.07. The SMILES string of the molecule is CCCN(CCC1CCC(NC(=O)c2ccc(-c3ccc(C)cn3)cc2)CC1)[C@H]1CCc2nc(N)sc2C1. The minimum Gasteiger partial charge on any atom is -0.375 e. The molecule has 0 unspecified atom stereocenters. The molecule has 202 valence electrons. The molecular weight excluding hydrogens is 490 g/mol. The van der Waals surface area contributed by atoms with E-state index in [1.54, 1.807) is 11.3 Å². The molecule has 3 aromatic rings. The Kier molecular flexibility index (Phi) is 8.75. The molecule has 2 heterocycles. The minimum absolute atomic E-state index is 0.0337. The van der Waals surface area contributed by atoms with E-state index < -0.39 is 0 Å². The van der Waals surface area contributed by atoms with Crippen LogP contribution in [0.3, 0.4) is 0 Å². The van der Waals surface area contributed by atoms with Crippen LogP contribution in [-0.2, 0) is 12.8 Å². The summed E-state index contributed by atoms with van der Waals surface area (Å²) in [6.45, 7) is 6.66. The lowest BCUT2D eigenvalue weighted by Gasteiger charge is -2.36. The van der Waals surface area contributed by atoms with E-state index >= 15 is 0 Å². The van der Waals surface area contributed by atoms with Gasteiger partial charge in [-0.2, -0.15) is 0 Å². The summed E-state index contributed by atoms with van der Waals surface area (Å²) in [6, 6.07) is 12.8. The van der Waals surface area contributed by atoms with Crippen LogP contribution in [0.25, 0.3) is 11.3 Å². The average Bonchev–Trinajstić information content (AvgIpc) is 3.31. The highest BCUT2D eigenvalue weighted by atomic mass is 32.1. The summed E-state index contributed by atoms with van der Waals surface area (Å²) in [5, 5.41) is 4.01. The van der Waals surface area contributed by atoms with E-state index in [0.717, 1.165) is 59.1 Å². The molecule has 1 saturated carbocycles. The average molecular weight is 532 g/mol. The van der Waals surface area contributed by atoms with Crippen LogP contribution in [0, 0.1) is 12.8 Å². The number of nitrogens with one attached hydrogen (secondary N) is 1. The second kappa shape index (κ2) is 12.4. The fourth-order valence-corrected chi connectivity index (χ4v) is 7.05. The highest BCUT2D eigenvalue weighted by molar-refractivity contribution is 7.15. The van der Waals surface area contributed by atoms with Crippen molar-refractivity contribution < 1.29 is 4.79 Å². The summed E-state index contributed by atoms with van der Waals surface area (Å²) >= 11 is 1.68. The summed E-state index contributed by atoms with van der Waals surface area (Å²) in [7, 11) is 0. The van der Waals surface area contributed by atoms with Gasteiger partial charge in [-0.25, -0.2) is 4.98 Å².